The van der Waals surface area contributed by atoms with E-state index < -0.39 is 17.9 Å². The number of carbonyl (C=O) groups excluding carboxylic acids is 1. The maximum absolute atomic E-state index is 12.5. The molecule has 0 fully saturated rings. The Hall–Kier alpha value is -3.20. The first kappa shape index (κ1) is 22.5. The molecular weight excluding hydrogens is 416 g/mol. The average Bonchev–Trinajstić information content (AvgIpc) is 3.33. The fourth-order valence-electron chi connectivity index (χ4n) is 3.31. The third-order valence-corrected chi connectivity index (χ3v) is 6.07. The van der Waals surface area contributed by atoms with Crippen molar-refractivity contribution < 1.29 is 19.2 Å². The Kier molecular flexibility index (Phi) is 7.41. The van der Waals surface area contributed by atoms with Gasteiger partial charge in [-0.05, 0) is 57.4 Å². The Morgan fingerprint density at radius 3 is 2.61 bits per heavy atom. The van der Waals surface area contributed by atoms with Crippen LogP contribution in [0.1, 0.15) is 43.7 Å². The van der Waals surface area contributed by atoms with Gasteiger partial charge in [-0.1, -0.05) is 11.2 Å². The van der Waals surface area contributed by atoms with Gasteiger partial charge in [0.15, 0.2) is 0 Å². The van der Waals surface area contributed by atoms with Gasteiger partial charge in [-0.25, -0.2) is 9.78 Å². The fraction of sp³-hybridized carbons (Fsp3) is 0.364. The largest absolute Gasteiger partial charge is 0.480 e. The molecule has 0 aromatic carbocycles. The van der Waals surface area contributed by atoms with E-state index in [1.54, 1.807) is 25.2 Å². The minimum Gasteiger partial charge on any atom is -0.480 e. The van der Waals surface area contributed by atoms with Crippen molar-refractivity contribution in [2.75, 3.05) is 12.4 Å². The van der Waals surface area contributed by atoms with Crippen molar-refractivity contribution in [2.45, 2.75) is 45.6 Å². The first-order chi connectivity index (χ1) is 14.9. The average molecular weight is 443 g/mol. The summed E-state index contributed by atoms with van der Waals surface area (Å²) in [4.78, 5) is 30.8. The van der Waals surface area contributed by atoms with Crippen LogP contribution < -0.4 is 10.6 Å². The molecule has 3 heterocycles. The van der Waals surface area contributed by atoms with Crippen LogP contribution in [0.5, 0.6) is 0 Å². The van der Waals surface area contributed by atoms with Gasteiger partial charge < -0.3 is 20.3 Å². The molecule has 0 spiro atoms. The van der Waals surface area contributed by atoms with Crippen molar-refractivity contribution in [3.8, 4) is 0 Å². The molecule has 0 saturated carbocycles. The zero-order valence-electron chi connectivity index (χ0n) is 17.8. The number of nitrogens with one attached hydrogen (secondary N) is 2. The number of carboxylic acid groups (broad SMARTS) is 1. The highest BCUT2D eigenvalue weighted by Crippen LogP contribution is 2.21. The third-order valence-electron chi connectivity index (χ3n) is 4.91. The smallest absolute Gasteiger partial charge is 0.326 e. The fourth-order valence-corrected chi connectivity index (χ4v) is 4.41. The molecule has 31 heavy (non-hydrogen) atoms. The molecule has 3 rings (SSSR count). The van der Waals surface area contributed by atoms with Crippen LogP contribution in [-0.4, -0.2) is 40.2 Å². The van der Waals surface area contributed by atoms with E-state index in [-0.39, 0.29) is 12.0 Å². The van der Waals surface area contributed by atoms with Gasteiger partial charge in [0.1, 0.15) is 23.2 Å². The molecule has 3 N–H and O–H groups in total. The lowest BCUT2D eigenvalue weighted by atomic mass is 10.1. The quantitative estimate of drug-likeness (QED) is 0.440. The van der Waals surface area contributed by atoms with Gasteiger partial charge in [-0.3, -0.25) is 4.79 Å². The maximum Gasteiger partial charge on any atom is 0.326 e. The molecule has 1 atom stereocenters. The van der Waals surface area contributed by atoms with E-state index in [1.807, 2.05) is 37.4 Å². The lowest BCUT2D eigenvalue weighted by molar-refractivity contribution is -0.139. The highest BCUT2D eigenvalue weighted by Gasteiger charge is 2.25. The first-order valence-electron chi connectivity index (χ1n) is 10.0. The Balaban J connectivity index is 1.56. The number of aliphatic carboxylic acids is 1. The zero-order valence-corrected chi connectivity index (χ0v) is 18.6. The minimum absolute atomic E-state index is 0.223. The number of carboxylic acids is 1. The number of rotatable bonds is 10. The van der Waals surface area contributed by atoms with Crippen LogP contribution in [0.3, 0.4) is 0 Å². The van der Waals surface area contributed by atoms with Crippen LogP contribution in [0.25, 0.3) is 0 Å². The standard InChI is InChI=1S/C22H26N4O4S/c1-13-20(14(2)30-26-13)21(27)25-18(22(28)29)12-17-11-10-16(31-17)8-4-6-15-7-5-9-19(23-3)24-15/h5,7,9-11,18H,4,6,8,12H2,1-3H3,(H,23,24)(H,25,27)(H,28,29)/t18-/m0/s1. The lowest BCUT2D eigenvalue weighted by Crippen LogP contribution is -2.42. The van der Waals surface area contributed by atoms with Crippen molar-refractivity contribution in [3.05, 3.63) is 62.8 Å². The highest BCUT2D eigenvalue weighted by molar-refractivity contribution is 7.12. The molecule has 3 aromatic rings. The van der Waals surface area contributed by atoms with E-state index in [2.05, 4.69) is 20.8 Å². The van der Waals surface area contributed by atoms with Crippen molar-refractivity contribution in [2.24, 2.45) is 0 Å². The van der Waals surface area contributed by atoms with E-state index in [1.165, 1.54) is 4.88 Å². The molecule has 0 aliphatic heterocycles. The molecule has 0 radical (unpaired) electrons. The summed E-state index contributed by atoms with van der Waals surface area (Å²) in [5.41, 5.74) is 1.76. The van der Waals surface area contributed by atoms with E-state index in [9.17, 15) is 14.7 Å². The van der Waals surface area contributed by atoms with E-state index in [0.29, 0.717) is 11.5 Å². The molecule has 1 amide bonds. The Morgan fingerprint density at radius 2 is 1.94 bits per heavy atom. The number of anilines is 1. The molecule has 0 bridgehead atoms. The van der Waals surface area contributed by atoms with Crippen LogP contribution in [-0.2, 0) is 24.1 Å². The van der Waals surface area contributed by atoms with Crippen LogP contribution in [0.2, 0.25) is 0 Å². The Morgan fingerprint density at radius 1 is 1.16 bits per heavy atom. The van der Waals surface area contributed by atoms with Gasteiger partial charge >= 0.3 is 5.97 Å². The number of thiophene rings is 1. The summed E-state index contributed by atoms with van der Waals surface area (Å²) in [5.74, 6) is -0.344. The number of nitrogens with zero attached hydrogens (tertiary/aromatic N) is 2. The van der Waals surface area contributed by atoms with Crippen LogP contribution >= 0.6 is 11.3 Å². The lowest BCUT2D eigenvalue weighted by Gasteiger charge is -2.13. The molecule has 0 saturated heterocycles. The second kappa shape index (κ2) is 10.2. The van der Waals surface area contributed by atoms with E-state index in [4.69, 9.17) is 4.52 Å². The summed E-state index contributed by atoms with van der Waals surface area (Å²) in [6.45, 7) is 3.28. The van der Waals surface area contributed by atoms with Crippen LogP contribution in [0.15, 0.2) is 34.9 Å². The zero-order chi connectivity index (χ0) is 22.4. The minimum atomic E-state index is -1.08. The topological polar surface area (TPSA) is 117 Å². The summed E-state index contributed by atoms with van der Waals surface area (Å²) in [7, 11) is 1.85. The predicted molar refractivity (Wildman–Crippen MR) is 119 cm³/mol. The number of amides is 1. The summed E-state index contributed by atoms with van der Waals surface area (Å²) < 4.78 is 5.00. The van der Waals surface area contributed by atoms with Gasteiger partial charge in [0.2, 0.25) is 0 Å². The van der Waals surface area contributed by atoms with Gasteiger partial charge in [-0.2, -0.15) is 0 Å². The summed E-state index contributed by atoms with van der Waals surface area (Å²) in [6, 6.07) is 8.85. The first-order valence-corrected chi connectivity index (χ1v) is 10.9. The van der Waals surface area contributed by atoms with Crippen molar-refractivity contribution in [3.63, 3.8) is 0 Å². The van der Waals surface area contributed by atoms with Gasteiger partial charge in [0.25, 0.3) is 5.91 Å². The number of pyridine rings is 1. The SMILES string of the molecule is CNc1cccc(CCCc2ccc(C[C@H](NC(=O)c3c(C)noc3C)C(=O)O)s2)n1. The molecular formula is C22H26N4O4S. The van der Waals surface area contributed by atoms with E-state index in [0.717, 1.165) is 35.7 Å². The molecule has 164 valence electrons. The van der Waals surface area contributed by atoms with Gasteiger partial charge in [0, 0.05) is 28.9 Å². The van der Waals surface area contributed by atoms with E-state index >= 15 is 0 Å². The molecule has 0 aliphatic rings. The Bertz CT molecular complexity index is 1040. The van der Waals surface area contributed by atoms with Gasteiger partial charge in [-0.15, -0.1) is 11.3 Å². The molecule has 0 aliphatic carbocycles. The second-order valence-electron chi connectivity index (χ2n) is 7.25. The normalized spacial score (nSPS) is 11.8. The molecule has 9 heteroatoms. The van der Waals surface area contributed by atoms with Gasteiger partial charge in [0.05, 0.1) is 5.69 Å². The maximum atomic E-state index is 12.5. The summed E-state index contributed by atoms with van der Waals surface area (Å²) in [5, 5.41) is 18.9. The Labute approximate surface area is 184 Å². The monoisotopic (exact) mass is 442 g/mol. The predicted octanol–water partition coefficient (Wildman–Crippen LogP) is 3.39. The summed E-state index contributed by atoms with van der Waals surface area (Å²) >= 11 is 1.57. The number of aromatic nitrogens is 2. The number of hydrogen-bond acceptors (Lipinski definition) is 7. The second-order valence-corrected chi connectivity index (χ2v) is 8.51. The van der Waals surface area contributed by atoms with Crippen molar-refractivity contribution >= 4 is 29.0 Å². The van der Waals surface area contributed by atoms with Crippen LogP contribution in [0.4, 0.5) is 5.82 Å². The van der Waals surface area contributed by atoms with Crippen LogP contribution in [0, 0.1) is 13.8 Å². The molecule has 3 aromatic heterocycles. The number of carbonyl (C=O) groups is 2. The van der Waals surface area contributed by atoms with Crippen molar-refractivity contribution in [1.29, 1.82) is 0 Å². The molecule has 8 nitrogen and oxygen atoms in total. The third kappa shape index (κ3) is 5.91. The number of hydrogen-bond donors (Lipinski definition) is 3. The van der Waals surface area contributed by atoms with Crippen molar-refractivity contribution in [1.82, 2.24) is 15.5 Å². The molecule has 0 unspecified atom stereocenters. The highest BCUT2D eigenvalue weighted by atomic mass is 32.1. The number of aryl methyl sites for hydroxylation is 4. The summed E-state index contributed by atoms with van der Waals surface area (Å²) in [6.07, 6.45) is 2.93.